The lowest BCUT2D eigenvalue weighted by molar-refractivity contribution is 0.168. The van der Waals surface area contributed by atoms with Crippen LogP contribution in [0.25, 0.3) is 0 Å². The summed E-state index contributed by atoms with van der Waals surface area (Å²) in [5.41, 5.74) is -0.396. The number of halogens is 3. The van der Waals surface area contributed by atoms with Crippen LogP contribution in [0.15, 0.2) is 12.1 Å². The first kappa shape index (κ1) is 11.4. The van der Waals surface area contributed by atoms with Crippen LogP contribution in [0, 0.1) is 11.6 Å². The van der Waals surface area contributed by atoms with Gasteiger partial charge in [-0.2, -0.15) is 0 Å². The molecule has 2 nitrogen and oxygen atoms in total. The summed E-state index contributed by atoms with van der Waals surface area (Å²) in [6.45, 7) is 0.0637. The number of benzene rings is 1. The lowest BCUT2D eigenvalue weighted by Gasteiger charge is -2.12. The first-order chi connectivity index (χ1) is 6.57. The Labute approximate surface area is 85.5 Å². The summed E-state index contributed by atoms with van der Waals surface area (Å²) in [7, 11) is 1.57. The van der Waals surface area contributed by atoms with Gasteiger partial charge in [0, 0.05) is 6.54 Å². The van der Waals surface area contributed by atoms with Crippen LogP contribution in [-0.2, 0) is 0 Å². The van der Waals surface area contributed by atoms with E-state index in [4.69, 9.17) is 11.6 Å². The van der Waals surface area contributed by atoms with Gasteiger partial charge in [0.25, 0.3) is 0 Å². The van der Waals surface area contributed by atoms with Gasteiger partial charge in [-0.15, -0.1) is 0 Å². The van der Waals surface area contributed by atoms with E-state index >= 15 is 0 Å². The fourth-order valence-electron chi connectivity index (χ4n) is 1.14. The molecule has 0 fully saturated rings. The highest BCUT2D eigenvalue weighted by Crippen LogP contribution is 2.25. The second-order valence-corrected chi connectivity index (χ2v) is 3.24. The summed E-state index contributed by atoms with van der Waals surface area (Å²) in [5, 5.41) is 11.8. The number of hydrogen-bond acceptors (Lipinski definition) is 2. The van der Waals surface area contributed by atoms with Gasteiger partial charge in [-0.3, -0.25) is 0 Å². The van der Waals surface area contributed by atoms with Gasteiger partial charge in [-0.05, 0) is 19.2 Å². The molecule has 0 amide bonds. The molecule has 78 valence electrons. The molecule has 0 radical (unpaired) electrons. The van der Waals surface area contributed by atoms with Crippen molar-refractivity contribution in [1.82, 2.24) is 5.32 Å². The standard InChI is InChI=1S/C9H10ClF2NO/c1-13-4-7(14)8-6(11)3-2-5(10)9(8)12/h2-3,7,13-14H,4H2,1H3. The van der Waals surface area contributed by atoms with Gasteiger partial charge in [0.1, 0.15) is 5.82 Å². The molecule has 0 aliphatic rings. The van der Waals surface area contributed by atoms with Crippen molar-refractivity contribution in [3.05, 3.63) is 34.4 Å². The molecular formula is C9H10ClF2NO. The Morgan fingerprint density at radius 1 is 1.50 bits per heavy atom. The van der Waals surface area contributed by atoms with Crippen molar-refractivity contribution in [2.75, 3.05) is 13.6 Å². The highest BCUT2D eigenvalue weighted by Gasteiger charge is 2.19. The van der Waals surface area contributed by atoms with Gasteiger partial charge >= 0.3 is 0 Å². The summed E-state index contributed by atoms with van der Waals surface area (Å²) < 4.78 is 26.4. The van der Waals surface area contributed by atoms with Gasteiger partial charge in [0.05, 0.1) is 16.7 Å². The van der Waals surface area contributed by atoms with Crippen LogP contribution in [-0.4, -0.2) is 18.7 Å². The van der Waals surface area contributed by atoms with Crippen LogP contribution in [0.5, 0.6) is 0 Å². The molecule has 1 rings (SSSR count). The average molecular weight is 222 g/mol. The number of nitrogens with one attached hydrogen (secondary N) is 1. The molecule has 0 aromatic heterocycles. The number of aliphatic hydroxyl groups excluding tert-OH is 1. The molecule has 0 bridgehead atoms. The number of hydrogen-bond donors (Lipinski definition) is 2. The Kier molecular flexibility index (Phi) is 3.80. The molecular weight excluding hydrogens is 212 g/mol. The van der Waals surface area contributed by atoms with Crippen molar-refractivity contribution in [2.45, 2.75) is 6.10 Å². The maximum Gasteiger partial charge on any atom is 0.150 e. The molecule has 0 saturated carbocycles. The molecule has 2 N–H and O–H groups in total. The SMILES string of the molecule is CNCC(O)c1c(F)ccc(Cl)c1F. The number of aliphatic hydroxyl groups is 1. The molecule has 0 spiro atoms. The molecule has 0 saturated heterocycles. The quantitative estimate of drug-likeness (QED) is 0.764. The fourth-order valence-corrected chi connectivity index (χ4v) is 1.31. The van der Waals surface area contributed by atoms with Crippen LogP contribution >= 0.6 is 11.6 Å². The third kappa shape index (κ3) is 2.20. The Morgan fingerprint density at radius 2 is 2.14 bits per heavy atom. The topological polar surface area (TPSA) is 32.3 Å². The van der Waals surface area contributed by atoms with Gasteiger partial charge in [0.15, 0.2) is 5.82 Å². The second-order valence-electron chi connectivity index (χ2n) is 2.83. The van der Waals surface area contributed by atoms with E-state index in [0.29, 0.717) is 0 Å². The Hall–Kier alpha value is -0.710. The first-order valence-electron chi connectivity index (χ1n) is 4.04. The van der Waals surface area contributed by atoms with Gasteiger partial charge < -0.3 is 10.4 Å². The molecule has 0 heterocycles. The third-order valence-corrected chi connectivity index (χ3v) is 2.10. The maximum absolute atomic E-state index is 13.3. The zero-order chi connectivity index (χ0) is 10.7. The number of rotatable bonds is 3. The minimum absolute atomic E-state index is 0.0637. The van der Waals surface area contributed by atoms with E-state index in [1.165, 1.54) is 0 Å². The van der Waals surface area contributed by atoms with Crippen molar-refractivity contribution in [2.24, 2.45) is 0 Å². The molecule has 1 atom stereocenters. The Bertz CT molecular complexity index is 333. The zero-order valence-electron chi connectivity index (χ0n) is 7.52. The predicted octanol–water partition coefficient (Wildman–Crippen LogP) is 1.87. The summed E-state index contributed by atoms with van der Waals surface area (Å²) >= 11 is 5.46. The fraction of sp³-hybridized carbons (Fsp3) is 0.333. The lowest BCUT2D eigenvalue weighted by atomic mass is 10.1. The normalized spacial score (nSPS) is 12.9. The summed E-state index contributed by atoms with van der Waals surface area (Å²) in [4.78, 5) is 0. The van der Waals surface area contributed by atoms with E-state index < -0.39 is 23.3 Å². The highest BCUT2D eigenvalue weighted by molar-refractivity contribution is 6.30. The molecule has 0 aliphatic carbocycles. The van der Waals surface area contributed by atoms with Gasteiger partial charge in [-0.25, -0.2) is 8.78 Å². The van der Waals surface area contributed by atoms with Crippen molar-refractivity contribution < 1.29 is 13.9 Å². The zero-order valence-corrected chi connectivity index (χ0v) is 8.28. The molecule has 0 aliphatic heterocycles. The van der Waals surface area contributed by atoms with Crippen LogP contribution in [0.1, 0.15) is 11.7 Å². The van der Waals surface area contributed by atoms with Crippen molar-refractivity contribution in [3.63, 3.8) is 0 Å². The largest absolute Gasteiger partial charge is 0.387 e. The van der Waals surface area contributed by atoms with E-state index in [2.05, 4.69) is 5.32 Å². The highest BCUT2D eigenvalue weighted by atomic mass is 35.5. The van der Waals surface area contributed by atoms with Crippen LogP contribution in [0.3, 0.4) is 0 Å². The van der Waals surface area contributed by atoms with E-state index in [0.717, 1.165) is 12.1 Å². The van der Waals surface area contributed by atoms with Crippen LogP contribution in [0.2, 0.25) is 5.02 Å². The lowest BCUT2D eigenvalue weighted by Crippen LogP contribution is -2.19. The van der Waals surface area contributed by atoms with E-state index in [-0.39, 0.29) is 11.6 Å². The first-order valence-corrected chi connectivity index (χ1v) is 4.41. The minimum Gasteiger partial charge on any atom is -0.387 e. The molecule has 14 heavy (non-hydrogen) atoms. The van der Waals surface area contributed by atoms with Crippen LogP contribution in [0.4, 0.5) is 8.78 Å². The third-order valence-electron chi connectivity index (χ3n) is 1.81. The molecule has 1 aromatic carbocycles. The molecule has 1 unspecified atom stereocenters. The Balaban J connectivity index is 3.11. The van der Waals surface area contributed by atoms with Crippen LogP contribution < -0.4 is 5.32 Å². The van der Waals surface area contributed by atoms with Crippen molar-refractivity contribution >= 4 is 11.6 Å². The molecule has 1 aromatic rings. The second kappa shape index (κ2) is 4.68. The number of likely N-dealkylation sites (N-methyl/N-ethyl adjacent to an activating group) is 1. The smallest absolute Gasteiger partial charge is 0.150 e. The maximum atomic E-state index is 13.3. The summed E-state index contributed by atoms with van der Waals surface area (Å²) in [6.07, 6.45) is -1.24. The summed E-state index contributed by atoms with van der Waals surface area (Å²) in [5.74, 6) is -1.70. The average Bonchev–Trinajstić information content (AvgIpc) is 2.13. The molecule has 5 heteroatoms. The van der Waals surface area contributed by atoms with Crippen molar-refractivity contribution in [3.8, 4) is 0 Å². The summed E-state index contributed by atoms with van der Waals surface area (Å²) in [6, 6.07) is 2.14. The Morgan fingerprint density at radius 3 is 2.71 bits per heavy atom. The monoisotopic (exact) mass is 221 g/mol. The van der Waals surface area contributed by atoms with E-state index in [1.807, 2.05) is 0 Å². The predicted molar refractivity (Wildman–Crippen MR) is 50.3 cm³/mol. The van der Waals surface area contributed by atoms with Gasteiger partial charge in [0.2, 0.25) is 0 Å². The van der Waals surface area contributed by atoms with E-state index in [9.17, 15) is 13.9 Å². The minimum atomic E-state index is -1.24. The van der Waals surface area contributed by atoms with Gasteiger partial charge in [-0.1, -0.05) is 11.6 Å². The van der Waals surface area contributed by atoms with E-state index in [1.54, 1.807) is 7.05 Å². The van der Waals surface area contributed by atoms with Crippen molar-refractivity contribution in [1.29, 1.82) is 0 Å².